The van der Waals surface area contributed by atoms with Crippen molar-refractivity contribution in [1.29, 1.82) is 0 Å². The molecule has 3 heteroatoms. The summed E-state index contributed by atoms with van der Waals surface area (Å²) in [5, 5.41) is 9.47. The Balaban J connectivity index is 4.40. The molecule has 0 aliphatic carbocycles. The van der Waals surface area contributed by atoms with Crippen LogP contribution in [0.15, 0.2) is 12.7 Å². The van der Waals surface area contributed by atoms with E-state index in [0.29, 0.717) is 6.61 Å². The fourth-order valence-corrected chi connectivity index (χ4v) is 1.19. The maximum absolute atomic E-state index is 11.4. The van der Waals surface area contributed by atoms with Crippen molar-refractivity contribution in [1.82, 2.24) is 0 Å². The Morgan fingerprint density at radius 3 is 2.46 bits per heavy atom. The first-order valence-electron chi connectivity index (χ1n) is 4.51. The van der Waals surface area contributed by atoms with E-state index in [9.17, 15) is 9.90 Å². The van der Waals surface area contributed by atoms with E-state index in [2.05, 4.69) is 6.58 Å². The third kappa shape index (κ3) is 3.59. The molecule has 0 rings (SSSR count). The number of hydrogen-bond acceptors (Lipinski definition) is 3. The number of carbonyl (C=O) groups is 1. The smallest absolute Gasteiger partial charge is 0.312 e. The van der Waals surface area contributed by atoms with Gasteiger partial charge in [-0.25, -0.2) is 0 Å². The second kappa shape index (κ2) is 5.75. The van der Waals surface area contributed by atoms with Gasteiger partial charge < -0.3 is 9.84 Å². The summed E-state index contributed by atoms with van der Waals surface area (Å²) in [6.07, 6.45) is 0.542. The molecule has 0 amide bonds. The fourth-order valence-electron chi connectivity index (χ4n) is 1.19. The Hall–Kier alpha value is -0.830. The van der Waals surface area contributed by atoms with Crippen molar-refractivity contribution in [3.8, 4) is 0 Å². The molecular weight excluding hydrogens is 168 g/mol. The van der Waals surface area contributed by atoms with Gasteiger partial charge in [0.1, 0.15) is 0 Å². The van der Waals surface area contributed by atoms with Gasteiger partial charge in [0.15, 0.2) is 0 Å². The second-order valence-corrected chi connectivity index (χ2v) is 3.25. The first-order chi connectivity index (χ1) is 6.04. The molecule has 0 heterocycles. The lowest BCUT2D eigenvalue weighted by Crippen LogP contribution is -2.32. The lowest BCUT2D eigenvalue weighted by atomic mass is 9.90. The summed E-state index contributed by atoms with van der Waals surface area (Å²) < 4.78 is 4.84. The molecule has 2 atom stereocenters. The van der Waals surface area contributed by atoms with E-state index in [0.717, 1.165) is 0 Å². The van der Waals surface area contributed by atoms with Crippen molar-refractivity contribution < 1.29 is 14.6 Å². The molecule has 0 aromatic rings. The summed E-state index contributed by atoms with van der Waals surface area (Å²) in [7, 11) is 0. The molecule has 3 nitrogen and oxygen atoms in total. The van der Waals surface area contributed by atoms with Crippen LogP contribution in [0.2, 0.25) is 0 Å². The molecule has 0 bridgehead atoms. The van der Waals surface area contributed by atoms with Gasteiger partial charge in [-0.05, 0) is 12.8 Å². The van der Waals surface area contributed by atoms with E-state index in [-0.39, 0.29) is 11.9 Å². The predicted molar refractivity (Wildman–Crippen MR) is 51.2 cm³/mol. The van der Waals surface area contributed by atoms with Crippen LogP contribution in [-0.4, -0.2) is 23.8 Å². The third-order valence-electron chi connectivity index (χ3n) is 1.89. The van der Waals surface area contributed by atoms with Gasteiger partial charge in [0, 0.05) is 0 Å². The second-order valence-electron chi connectivity index (χ2n) is 3.25. The Bertz CT molecular complexity index is 175. The van der Waals surface area contributed by atoms with Crippen LogP contribution >= 0.6 is 0 Å². The summed E-state index contributed by atoms with van der Waals surface area (Å²) in [4.78, 5) is 11.4. The molecule has 0 radical (unpaired) electrons. The highest BCUT2D eigenvalue weighted by Crippen LogP contribution is 2.17. The van der Waals surface area contributed by atoms with Crippen molar-refractivity contribution in [2.75, 3.05) is 6.61 Å². The summed E-state index contributed by atoms with van der Waals surface area (Å²) in [6, 6.07) is 0. The van der Waals surface area contributed by atoms with Crippen LogP contribution in [0.3, 0.4) is 0 Å². The zero-order valence-corrected chi connectivity index (χ0v) is 8.49. The van der Waals surface area contributed by atoms with Gasteiger partial charge in [-0.3, -0.25) is 4.79 Å². The molecule has 0 aromatic carbocycles. The number of aliphatic hydroxyl groups is 1. The Labute approximate surface area is 79.4 Å². The standard InChI is InChI=1S/C10H18O3/c1-5-8(11)9(7(3)4)10(12)13-6-2/h5,7-9,11H,1,6H2,2-4H3. The maximum Gasteiger partial charge on any atom is 0.312 e. The molecule has 76 valence electrons. The van der Waals surface area contributed by atoms with E-state index in [4.69, 9.17) is 4.74 Å². The Kier molecular flexibility index (Phi) is 5.39. The number of aliphatic hydroxyl groups excluding tert-OH is 1. The average Bonchev–Trinajstić information content (AvgIpc) is 2.04. The zero-order valence-electron chi connectivity index (χ0n) is 8.49. The molecule has 0 fully saturated rings. The van der Waals surface area contributed by atoms with Gasteiger partial charge in [0.2, 0.25) is 0 Å². The van der Waals surface area contributed by atoms with Crippen LogP contribution in [0.1, 0.15) is 20.8 Å². The molecule has 0 saturated heterocycles. The minimum absolute atomic E-state index is 0.0482. The Morgan fingerprint density at radius 2 is 2.15 bits per heavy atom. The topological polar surface area (TPSA) is 46.5 Å². The molecule has 0 spiro atoms. The predicted octanol–water partition coefficient (Wildman–Crippen LogP) is 1.37. The van der Waals surface area contributed by atoms with Crippen molar-refractivity contribution in [3.63, 3.8) is 0 Å². The molecule has 13 heavy (non-hydrogen) atoms. The molecule has 0 aliphatic rings. The highest BCUT2D eigenvalue weighted by Gasteiger charge is 2.29. The molecule has 1 N–H and O–H groups in total. The number of ether oxygens (including phenoxy) is 1. The van der Waals surface area contributed by atoms with Gasteiger partial charge in [-0.2, -0.15) is 0 Å². The van der Waals surface area contributed by atoms with Crippen LogP contribution in [0.5, 0.6) is 0 Å². The first kappa shape index (κ1) is 12.2. The lowest BCUT2D eigenvalue weighted by Gasteiger charge is -2.21. The van der Waals surface area contributed by atoms with E-state index < -0.39 is 12.0 Å². The zero-order chi connectivity index (χ0) is 10.4. The summed E-state index contributed by atoms with van der Waals surface area (Å²) in [5.41, 5.74) is 0. The molecular formula is C10H18O3. The SMILES string of the molecule is C=CC(O)C(C(=O)OCC)C(C)C. The summed E-state index contributed by atoms with van der Waals surface area (Å²) in [6.45, 7) is 9.27. The number of esters is 1. The van der Waals surface area contributed by atoms with Gasteiger partial charge in [-0.1, -0.05) is 19.9 Å². The van der Waals surface area contributed by atoms with E-state index in [1.165, 1.54) is 6.08 Å². The molecule has 0 saturated carbocycles. The van der Waals surface area contributed by atoms with E-state index >= 15 is 0 Å². The van der Waals surface area contributed by atoms with Gasteiger partial charge in [0.05, 0.1) is 18.6 Å². The number of carbonyl (C=O) groups excluding carboxylic acids is 1. The number of rotatable bonds is 5. The van der Waals surface area contributed by atoms with Gasteiger partial charge in [0.25, 0.3) is 0 Å². The lowest BCUT2D eigenvalue weighted by molar-refractivity contribution is -0.152. The molecule has 0 aliphatic heterocycles. The van der Waals surface area contributed by atoms with Crippen LogP contribution in [-0.2, 0) is 9.53 Å². The van der Waals surface area contributed by atoms with E-state index in [1.807, 2.05) is 13.8 Å². The van der Waals surface area contributed by atoms with Gasteiger partial charge >= 0.3 is 5.97 Å². The van der Waals surface area contributed by atoms with Crippen molar-refractivity contribution in [3.05, 3.63) is 12.7 Å². The average molecular weight is 186 g/mol. The highest BCUT2D eigenvalue weighted by molar-refractivity contribution is 5.73. The minimum Gasteiger partial charge on any atom is -0.466 e. The summed E-state index contributed by atoms with van der Waals surface area (Å²) >= 11 is 0. The number of hydrogen-bond donors (Lipinski definition) is 1. The van der Waals surface area contributed by atoms with Gasteiger partial charge in [-0.15, -0.1) is 6.58 Å². The monoisotopic (exact) mass is 186 g/mol. The fraction of sp³-hybridized carbons (Fsp3) is 0.700. The highest BCUT2D eigenvalue weighted by atomic mass is 16.5. The van der Waals surface area contributed by atoms with E-state index in [1.54, 1.807) is 6.92 Å². The quantitative estimate of drug-likeness (QED) is 0.521. The van der Waals surface area contributed by atoms with Crippen molar-refractivity contribution >= 4 is 5.97 Å². The van der Waals surface area contributed by atoms with Crippen LogP contribution in [0.25, 0.3) is 0 Å². The maximum atomic E-state index is 11.4. The first-order valence-corrected chi connectivity index (χ1v) is 4.51. The van der Waals surface area contributed by atoms with Crippen LogP contribution < -0.4 is 0 Å². The molecule has 0 aromatic heterocycles. The Morgan fingerprint density at radius 1 is 1.62 bits per heavy atom. The van der Waals surface area contributed by atoms with Crippen LogP contribution in [0.4, 0.5) is 0 Å². The minimum atomic E-state index is -0.820. The normalized spacial score (nSPS) is 15.2. The molecule has 2 unspecified atom stereocenters. The van der Waals surface area contributed by atoms with Crippen LogP contribution in [0, 0.1) is 11.8 Å². The summed E-state index contributed by atoms with van der Waals surface area (Å²) in [5.74, 6) is -0.811. The largest absolute Gasteiger partial charge is 0.466 e. The van der Waals surface area contributed by atoms with Crippen molar-refractivity contribution in [2.24, 2.45) is 11.8 Å². The van der Waals surface area contributed by atoms with Crippen molar-refractivity contribution in [2.45, 2.75) is 26.9 Å². The third-order valence-corrected chi connectivity index (χ3v) is 1.89.